The van der Waals surface area contributed by atoms with Crippen molar-refractivity contribution < 1.29 is 32.6 Å². The number of hydrogen-bond donors (Lipinski definition) is 1. The van der Waals surface area contributed by atoms with Crippen LogP contribution in [0.25, 0.3) is 10.8 Å². The molecular formula is C28H32F3NO4. The molecule has 1 N–H and O–H groups in total. The number of rotatable bonds is 4. The highest BCUT2D eigenvalue weighted by Gasteiger charge is 2.43. The van der Waals surface area contributed by atoms with Gasteiger partial charge in [0.15, 0.2) is 0 Å². The molecule has 1 aliphatic carbocycles. The maximum absolute atomic E-state index is 14.2. The number of hydrogen-bond acceptors (Lipinski definition) is 3. The van der Waals surface area contributed by atoms with Crippen LogP contribution in [0.15, 0.2) is 30.3 Å². The number of ether oxygens (including phenoxy) is 1. The molecule has 3 fully saturated rings. The molecule has 2 bridgehead atoms. The molecule has 0 spiro atoms. The van der Waals surface area contributed by atoms with Crippen molar-refractivity contribution in [1.29, 1.82) is 0 Å². The van der Waals surface area contributed by atoms with E-state index >= 15 is 0 Å². The monoisotopic (exact) mass is 503 g/mol. The molecule has 2 heterocycles. The second kappa shape index (κ2) is 9.60. The summed E-state index contributed by atoms with van der Waals surface area (Å²) in [5, 5.41) is 9.83. The van der Waals surface area contributed by atoms with E-state index in [2.05, 4.69) is 6.92 Å². The lowest BCUT2D eigenvalue weighted by Gasteiger charge is -2.48. The first-order chi connectivity index (χ1) is 17.1. The molecule has 1 amide bonds. The van der Waals surface area contributed by atoms with E-state index in [4.69, 9.17) is 4.74 Å². The number of benzene rings is 2. The molecule has 2 unspecified atom stereocenters. The van der Waals surface area contributed by atoms with Crippen molar-refractivity contribution in [3.8, 4) is 5.75 Å². The molecule has 0 aromatic heterocycles. The van der Waals surface area contributed by atoms with E-state index in [-0.39, 0.29) is 35.2 Å². The lowest BCUT2D eigenvalue weighted by Crippen LogP contribution is -2.55. The van der Waals surface area contributed by atoms with Gasteiger partial charge in [0.05, 0.1) is 12.0 Å². The van der Waals surface area contributed by atoms with E-state index in [1.807, 2.05) is 0 Å². The zero-order valence-corrected chi connectivity index (χ0v) is 20.4. The normalized spacial score (nSPS) is 28.7. The van der Waals surface area contributed by atoms with Gasteiger partial charge in [0, 0.05) is 17.6 Å². The Hall–Kier alpha value is -2.77. The number of halogens is 3. The number of piperidine rings is 2. The van der Waals surface area contributed by atoms with Gasteiger partial charge in [0.1, 0.15) is 11.3 Å². The SMILES string of the molecule is C[C@H]1CC[C@@H](Oc2ccc3cc(C(=O)N4C5CCCC4CC(C(=O)O)C5)ccc3c2C(F)(F)F)CC1. The summed E-state index contributed by atoms with van der Waals surface area (Å²) in [5.74, 6) is -1.11. The number of carboxylic acid groups (broad SMARTS) is 1. The Morgan fingerprint density at radius 1 is 0.972 bits per heavy atom. The predicted molar refractivity (Wildman–Crippen MR) is 129 cm³/mol. The summed E-state index contributed by atoms with van der Waals surface area (Å²) in [4.78, 5) is 26.8. The fourth-order valence-corrected chi connectivity index (χ4v) is 6.42. The molecule has 2 saturated heterocycles. The van der Waals surface area contributed by atoms with E-state index < -0.39 is 23.6 Å². The molecule has 3 aliphatic rings. The molecule has 2 aromatic rings. The summed E-state index contributed by atoms with van der Waals surface area (Å²) < 4.78 is 48.5. The van der Waals surface area contributed by atoms with Crippen LogP contribution < -0.4 is 4.74 Å². The summed E-state index contributed by atoms with van der Waals surface area (Å²) in [6, 6.07) is 7.04. The van der Waals surface area contributed by atoms with Crippen molar-refractivity contribution in [1.82, 2.24) is 4.90 Å². The van der Waals surface area contributed by atoms with Gasteiger partial charge in [-0.3, -0.25) is 9.59 Å². The van der Waals surface area contributed by atoms with Gasteiger partial charge in [-0.1, -0.05) is 19.1 Å². The maximum Gasteiger partial charge on any atom is 0.420 e. The Morgan fingerprint density at radius 2 is 1.64 bits per heavy atom. The Balaban J connectivity index is 1.44. The van der Waals surface area contributed by atoms with Crippen molar-refractivity contribution in [3.63, 3.8) is 0 Å². The number of amides is 1. The second-order valence-electron chi connectivity index (χ2n) is 10.8. The Morgan fingerprint density at radius 3 is 2.25 bits per heavy atom. The van der Waals surface area contributed by atoms with Crippen molar-refractivity contribution in [2.75, 3.05) is 0 Å². The molecule has 2 aliphatic heterocycles. The first kappa shape index (κ1) is 24.9. The van der Waals surface area contributed by atoms with Crippen molar-refractivity contribution >= 4 is 22.6 Å². The number of carboxylic acids is 1. The number of aliphatic carboxylic acids is 1. The first-order valence-electron chi connectivity index (χ1n) is 13.0. The van der Waals surface area contributed by atoms with Gasteiger partial charge in [-0.2, -0.15) is 13.2 Å². The van der Waals surface area contributed by atoms with Crippen LogP contribution in [0.5, 0.6) is 5.75 Å². The molecular weight excluding hydrogens is 471 g/mol. The van der Waals surface area contributed by atoms with Crippen molar-refractivity contribution in [2.24, 2.45) is 11.8 Å². The predicted octanol–water partition coefficient (Wildman–Crippen LogP) is 6.67. The molecule has 194 valence electrons. The van der Waals surface area contributed by atoms with Crippen molar-refractivity contribution in [3.05, 3.63) is 41.5 Å². The van der Waals surface area contributed by atoms with Crippen LogP contribution in [0, 0.1) is 11.8 Å². The number of carbonyl (C=O) groups excluding carboxylic acids is 1. The van der Waals surface area contributed by atoms with Crippen LogP contribution in [0.4, 0.5) is 13.2 Å². The number of carbonyl (C=O) groups is 2. The standard InChI is InChI=1S/C28H32F3NO4/c1-16-5-9-22(10-6-16)36-24-12-8-17-13-18(7-11-23(17)25(24)28(29,30)31)26(33)32-20-3-2-4-21(32)15-19(14-20)27(34)35/h7-8,11-13,16,19-22H,2-6,9-10,14-15H2,1H3,(H,34,35)/t16-,19?,20?,21?,22+. The average molecular weight is 504 g/mol. The topological polar surface area (TPSA) is 66.8 Å². The molecule has 2 aromatic carbocycles. The van der Waals surface area contributed by atoms with E-state index in [0.29, 0.717) is 29.7 Å². The van der Waals surface area contributed by atoms with Gasteiger partial charge >= 0.3 is 12.1 Å². The molecule has 5 rings (SSSR count). The lowest BCUT2D eigenvalue weighted by molar-refractivity contribution is -0.145. The minimum absolute atomic E-state index is 0.0190. The highest BCUT2D eigenvalue weighted by molar-refractivity contribution is 6.00. The largest absolute Gasteiger partial charge is 0.490 e. The second-order valence-corrected chi connectivity index (χ2v) is 10.8. The summed E-state index contributed by atoms with van der Waals surface area (Å²) in [7, 11) is 0. The third-order valence-corrected chi connectivity index (χ3v) is 8.33. The van der Waals surface area contributed by atoms with Gasteiger partial charge < -0.3 is 14.7 Å². The van der Waals surface area contributed by atoms with Crippen LogP contribution in [-0.2, 0) is 11.0 Å². The minimum Gasteiger partial charge on any atom is -0.490 e. The van der Waals surface area contributed by atoms with Gasteiger partial charge in [-0.25, -0.2) is 0 Å². The smallest absolute Gasteiger partial charge is 0.420 e. The van der Waals surface area contributed by atoms with E-state index in [1.54, 1.807) is 11.0 Å². The Bertz CT molecular complexity index is 1140. The van der Waals surface area contributed by atoms with Gasteiger partial charge in [-0.05, 0) is 92.7 Å². The first-order valence-corrected chi connectivity index (χ1v) is 13.0. The summed E-state index contributed by atoms with van der Waals surface area (Å²) in [6.07, 6.45) is 1.82. The molecule has 1 saturated carbocycles. The summed E-state index contributed by atoms with van der Waals surface area (Å²) in [6.45, 7) is 2.15. The summed E-state index contributed by atoms with van der Waals surface area (Å²) in [5.41, 5.74) is -0.465. The van der Waals surface area contributed by atoms with E-state index in [9.17, 15) is 27.9 Å². The molecule has 5 nitrogen and oxygen atoms in total. The van der Waals surface area contributed by atoms with Crippen molar-refractivity contribution in [2.45, 2.75) is 89.1 Å². The quantitative estimate of drug-likeness (QED) is 0.506. The average Bonchev–Trinajstić information content (AvgIpc) is 2.83. The maximum atomic E-state index is 14.2. The zero-order chi connectivity index (χ0) is 25.6. The third-order valence-electron chi connectivity index (χ3n) is 8.33. The van der Waals surface area contributed by atoms with Crippen LogP contribution in [0.3, 0.4) is 0 Å². The van der Waals surface area contributed by atoms with Crippen LogP contribution in [0.1, 0.15) is 80.6 Å². The Labute approximate surface area is 208 Å². The van der Waals surface area contributed by atoms with Crippen LogP contribution in [-0.4, -0.2) is 40.1 Å². The number of nitrogens with zero attached hydrogens (tertiary/aromatic N) is 1. The van der Waals surface area contributed by atoms with Gasteiger partial charge in [0.25, 0.3) is 5.91 Å². The van der Waals surface area contributed by atoms with E-state index in [0.717, 1.165) is 44.9 Å². The van der Waals surface area contributed by atoms with Crippen LogP contribution in [0.2, 0.25) is 0 Å². The summed E-state index contributed by atoms with van der Waals surface area (Å²) >= 11 is 0. The highest BCUT2D eigenvalue weighted by Crippen LogP contribution is 2.43. The minimum atomic E-state index is -4.60. The fraction of sp³-hybridized carbons (Fsp3) is 0.571. The van der Waals surface area contributed by atoms with E-state index in [1.165, 1.54) is 24.3 Å². The number of fused-ring (bicyclic) bond motifs is 3. The zero-order valence-electron chi connectivity index (χ0n) is 20.4. The Kier molecular flexibility index (Phi) is 6.64. The molecule has 2 atom stereocenters. The molecule has 0 radical (unpaired) electrons. The fourth-order valence-electron chi connectivity index (χ4n) is 6.42. The van der Waals surface area contributed by atoms with Gasteiger partial charge in [-0.15, -0.1) is 0 Å². The third kappa shape index (κ3) is 4.78. The molecule has 8 heteroatoms. The number of alkyl halides is 3. The lowest BCUT2D eigenvalue weighted by atomic mass is 9.78. The highest BCUT2D eigenvalue weighted by atomic mass is 19.4. The molecule has 36 heavy (non-hydrogen) atoms. The van der Waals surface area contributed by atoms with Gasteiger partial charge in [0.2, 0.25) is 0 Å². The van der Waals surface area contributed by atoms with Crippen LogP contribution >= 0.6 is 0 Å².